The molecule has 3 nitrogen and oxygen atoms in total. The fourth-order valence-corrected chi connectivity index (χ4v) is 1.06. The van der Waals surface area contributed by atoms with Crippen LogP contribution in [0.25, 0.3) is 0 Å². The second kappa shape index (κ2) is 3.52. The summed E-state index contributed by atoms with van der Waals surface area (Å²) in [7, 11) is 0. The molecule has 0 radical (unpaired) electrons. The van der Waals surface area contributed by atoms with Crippen LogP contribution in [0.2, 0.25) is 0 Å². The van der Waals surface area contributed by atoms with Crippen molar-refractivity contribution in [2.45, 2.75) is 19.9 Å². The number of ether oxygens (including phenoxy) is 1. The fourth-order valence-electron chi connectivity index (χ4n) is 1.06. The molecule has 0 aliphatic carbocycles. The van der Waals surface area contributed by atoms with Gasteiger partial charge in [0.15, 0.2) is 0 Å². The quantitative estimate of drug-likeness (QED) is 0.603. The highest BCUT2D eigenvalue weighted by Crippen LogP contribution is 2.25. The third-order valence-corrected chi connectivity index (χ3v) is 2.13. The summed E-state index contributed by atoms with van der Waals surface area (Å²) < 4.78 is 5.13. The molecule has 1 aliphatic heterocycles. The molecule has 0 spiro atoms. The van der Waals surface area contributed by atoms with Gasteiger partial charge in [0.1, 0.15) is 0 Å². The van der Waals surface area contributed by atoms with Crippen LogP contribution in [0.4, 0.5) is 0 Å². The van der Waals surface area contributed by atoms with Crippen LogP contribution in [0.3, 0.4) is 0 Å². The minimum atomic E-state index is 0.365. The molecule has 0 aromatic heterocycles. The maximum atomic E-state index is 5.47. The zero-order valence-corrected chi connectivity index (χ0v) is 7.39. The highest BCUT2D eigenvalue weighted by molar-refractivity contribution is 4.83. The van der Waals surface area contributed by atoms with Gasteiger partial charge in [0.05, 0.1) is 13.2 Å². The van der Waals surface area contributed by atoms with E-state index in [4.69, 9.17) is 10.5 Å². The Morgan fingerprint density at radius 1 is 1.64 bits per heavy atom. The highest BCUT2D eigenvalue weighted by Gasteiger charge is 2.32. The summed E-state index contributed by atoms with van der Waals surface area (Å²) in [5, 5.41) is 3.37. The lowest BCUT2D eigenvalue weighted by atomic mass is 9.88. The lowest BCUT2D eigenvalue weighted by Crippen LogP contribution is -2.50. The van der Waals surface area contributed by atoms with Crippen LogP contribution >= 0.6 is 0 Å². The second-order valence-corrected chi connectivity index (χ2v) is 3.82. The summed E-state index contributed by atoms with van der Waals surface area (Å²) in [4.78, 5) is 0. The Bertz CT molecular complexity index is 123. The lowest BCUT2D eigenvalue weighted by Gasteiger charge is -2.38. The minimum absolute atomic E-state index is 0.365. The van der Waals surface area contributed by atoms with E-state index < -0.39 is 0 Å². The Hall–Kier alpha value is -0.120. The molecule has 3 heteroatoms. The first kappa shape index (κ1) is 8.97. The van der Waals surface area contributed by atoms with Crippen molar-refractivity contribution in [2.24, 2.45) is 11.1 Å². The summed E-state index contributed by atoms with van der Waals surface area (Å²) in [5.74, 6) is 0. The van der Waals surface area contributed by atoms with Crippen molar-refractivity contribution in [3.63, 3.8) is 0 Å². The van der Waals surface area contributed by atoms with Gasteiger partial charge in [-0.3, -0.25) is 0 Å². The summed E-state index contributed by atoms with van der Waals surface area (Å²) in [6.07, 6.45) is 0. The molecule has 0 aromatic rings. The summed E-state index contributed by atoms with van der Waals surface area (Å²) in [5.41, 5.74) is 5.83. The van der Waals surface area contributed by atoms with Gasteiger partial charge in [-0.15, -0.1) is 0 Å². The monoisotopic (exact) mass is 158 g/mol. The number of rotatable bonds is 4. The van der Waals surface area contributed by atoms with Gasteiger partial charge < -0.3 is 15.8 Å². The predicted molar refractivity (Wildman–Crippen MR) is 45.4 cm³/mol. The van der Waals surface area contributed by atoms with E-state index >= 15 is 0 Å². The number of hydrogen-bond donors (Lipinski definition) is 2. The lowest BCUT2D eigenvalue weighted by molar-refractivity contribution is -0.0997. The zero-order valence-electron chi connectivity index (χ0n) is 7.39. The average molecular weight is 158 g/mol. The molecule has 0 saturated carbocycles. The molecule has 66 valence electrons. The Kier molecular flexibility index (Phi) is 2.87. The maximum Gasteiger partial charge on any atom is 0.0554 e. The molecule has 1 unspecified atom stereocenters. The topological polar surface area (TPSA) is 47.3 Å². The number of hydrogen-bond acceptors (Lipinski definition) is 3. The van der Waals surface area contributed by atoms with E-state index in [0.29, 0.717) is 18.0 Å². The molecule has 0 bridgehead atoms. The van der Waals surface area contributed by atoms with Gasteiger partial charge in [-0.25, -0.2) is 0 Å². The van der Waals surface area contributed by atoms with E-state index in [2.05, 4.69) is 19.2 Å². The van der Waals surface area contributed by atoms with E-state index in [1.54, 1.807) is 0 Å². The van der Waals surface area contributed by atoms with Crippen molar-refractivity contribution >= 4 is 0 Å². The molecule has 1 saturated heterocycles. The second-order valence-electron chi connectivity index (χ2n) is 3.82. The van der Waals surface area contributed by atoms with E-state index in [9.17, 15) is 0 Å². The van der Waals surface area contributed by atoms with Crippen LogP contribution in [0.5, 0.6) is 0 Å². The van der Waals surface area contributed by atoms with E-state index in [1.165, 1.54) is 0 Å². The highest BCUT2D eigenvalue weighted by atomic mass is 16.5. The fraction of sp³-hybridized carbons (Fsp3) is 1.00. The van der Waals surface area contributed by atoms with Crippen LogP contribution in [-0.4, -0.2) is 32.3 Å². The van der Waals surface area contributed by atoms with Crippen molar-refractivity contribution in [1.29, 1.82) is 0 Å². The van der Waals surface area contributed by atoms with Crippen LogP contribution < -0.4 is 11.1 Å². The first-order valence-electron chi connectivity index (χ1n) is 4.17. The summed E-state index contributed by atoms with van der Waals surface area (Å²) in [6.45, 7) is 7.83. The first-order chi connectivity index (χ1) is 5.16. The molecule has 11 heavy (non-hydrogen) atoms. The van der Waals surface area contributed by atoms with Gasteiger partial charge in [-0.05, 0) is 6.92 Å². The molecule has 1 atom stereocenters. The van der Waals surface area contributed by atoms with E-state index in [-0.39, 0.29) is 0 Å². The number of nitrogens with two attached hydrogens (primary N) is 1. The van der Waals surface area contributed by atoms with Gasteiger partial charge >= 0.3 is 0 Å². The third-order valence-electron chi connectivity index (χ3n) is 2.13. The first-order valence-corrected chi connectivity index (χ1v) is 4.17. The standard InChI is InChI=1S/C8H18N2O/c1-7(3-9)10-4-8(2)5-11-6-8/h7,10H,3-6,9H2,1-2H3. The Morgan fingerprint density at radius 3 is 2.64 bits per heavy atom. The third kappa shape index (κ3) is 2.43. The minimum Gasteiger partial charge on any atom is -0.380 e. The molecule has 1 heterocycles. The van der Waals surface area contributed by atoms with Crippen LogP contribution in [0, 0.1) is 5.41 Å². The van der Waals surface area contributed by atoms with Crippen LogP contribution in [0.1, 0.15) is 13.8 Å². The molecule has 0 amide bonds. The molecule has 1 fully saturated rings. The largest absolute Gasteiger partial charge is 0.380 e. The van der Waals surface area contributed by atoms with Crippen molar-refractivity contribution < 1.29 is 4.74 Å². The van der Waals surface area contributed by atoms with Crippen molar-refractivity contribution in [3.8, 4) is 0 Å². The molecular weight excluding hydrogens is 140 g/mol. The van der Waals surface area contributed by atoms with Crippen molar-refractivity contribution in [3.05, 3.63) is 0 Å². The van der Waals surface area contributed by atoms with Gasteiger partial charge in [-0.2, -0.15) is 0 Å². The molecule has 1 aliphatic rings. The van der Waals surface area contributed by atoms with Crippen LogP contribution in [-0.2, 0) is 4.74 Å². The van der Waals surface area contributed by atoms with Gasteiger partial charge in [0.2, 0.25) is 0 Å². The Labute approximate surface area is 68.3 Å². The van der Waals surface area contributed by atoms with E-state index in [0.717, 1.165) is 19.8 Å². The Balaban J connectivity index is 2.11. The zero-order chi connectivity index (χ0) is 8.32. The van der Waals surface area contributed by atoms with Crippen molar-refractivity contribution in [1.82, 2.24) is 5.32 Å². The SMILES string of the molecule is CC(CN)NCC1(C)COC1. The van der Waals surface area contributed by atoms with Crippen LogP contribution in [0.15, 0.2) is 0 Å². The Morgan fingerprint density at radius 2 is 2.27 bits per heavy atom. The summed E-state index contributed by atoms with van der Waals surface area (Å²) >= 11 is 0. The predicted octanol–water partition coefficient (Wildman–Crippen LogP) is -0.0403. The van der Waals surface area contributed by atoms with E-state index in [1.807, 2.05) is 0 Å². The normalized spacial score (nSPS) is 24.3. The maximum absolute atomic E-state index is 5.47. The molecular formula is C8H18N2O. The van der Waals surface area contributed by atoms with Gasteiger partial charge in [-0.1, -0.05) is 6.92 Å². The average Bonchev–Trinajstić information content (AvgIpc) is 1.96. The summed E-state index contributed by atoms with van der Waals surface area (Å²) in [6, 6.07) is 0.424. The van der Waals surface area contributed by atoms with Gasteiger partial charge in [0.25, 0.3) is 0 Å². The molecule has 0 aromatic carbocycles. The molecule has 3 N–H and O–H groups in total. The molecule has 1 rings (SSSR count). The number of nitrogens with one attached hydrogen (secondary N) is 1. The van der Waals surface area contributed by atoms with Gasteiger partial charge in [0, 0.05) is 24.5 Å². The smallest absolute Gasteiger partial charge is 0.0554 e. The van der Waals surface area contributed by atoms with Crippen molar-refractivity contribution in [2.75, 3.05) is 26.3 Å².